The van der Waals surface area contributed by atoms with E-state index in [4.69, 9.17) is 23.2 Å². The SMILES string of the molecule is CNC(=O)[C@H](Cc1ccccc1)N(Cc1ccc(Cl)c(Cl)c1)C(=O)CN(c1ccccc1)S(=O)(=O)c1ccccc1. The first-order valence-corrected chi connectivity index (χ1v) is 15.0. The van der Waals surface area contributed by atoms with Crippen LogP contribution in [0.15, 0.2) is 114 Å². The Bertz CT molecular complexity index is 1590. The minimum Gasteiger partial charge on any atom is -0.357 e. The average Bonchev–Trinajstić information content (AvgIpc) is 3.00. The Morgan fingerprint density at radius 2 is 1.37 bits per heavy atom. The van der Waals surface area contributed by atoms with Gasteiger partial charge in [-0.2, -0.15) is 0 Å². The molecule has 0 heterocycles. The maximum atomic E-state index is 14.2. The van der Waals surface area contributed by atoms with Gasteiger partial charge in [0.25, 0.3) is 10.0 Å². The van der Waals surface area contributed by atoms with Gasteiger partial charge < -0.3 is 10.2 Å². The second-order valence-corrected chi connectivity index (χ2v) is 11.9. The van der Waals surface area contributed by atoms with Crippen LogP contribution in [0.1, 0.15) is 11.1 Å². The lowest BCUT2D eigenvalue weighted by molar-refractivity contribution is -0.139. The first-order valence-electron chi connectivity index (χ1n) is 12.8. The van der Waals surface area contributed by atoms with Crippen molar-refractivity contribution in [3.05, 3.63) is 130 Å². The Kier molecular flexibility index (Phi) is 10.0. The molecular formula is C31H29Cl2N3O4S. The molecule has 0 aliphatic heterocycles. The highest BCUT2D eigenvalue weighted by atomic mass is 35.5. The van der Waals surface area contributed by atoms with E-state index < -0.39 is 28.5 Å². The summed E-state index contributed by atoms with van der Waals surface area (Å²) in [6, 6.07) is 29.6. The van der Waals surface area contributed by atoms with Crippen molar-refractivity contribution in [3.8, 4) is 0 Å². The molecule has 0 saturated heterocycles. The van der Waals surface area contributed by atoms with Gasteiger partial charge in [0.05, 0.1) is 20.6 Å². The molecule has 0 radical (unpaired) electrons. The molecule has 2 amide bonds. The normalized spacial score (nSPS) is 11.9. The molecule has 10 heteroatoms. The number of carbonyl (C=O) groups excluding carboxylic acids is 2. The first kappa shape index (κ1) is 30.1. The number of nitrogens with one attached hydrogen (secondary N) is 1. The molecule has 0 bridgehead atoms. The van der Waals surface area contributed by atoms with Crippen LogP contribution in [0.4, 0.5) is 5.69 Å². The van der Waals surface area contributed by atoms with Crippen molar-refractivity contribution >= 4 is 50.7 Å². The van der Waals surface area contributed by atoms with Crippen LogP contribution in [0.3, 0.4) is 0 Å². The van der Waals surface area contributed by atoms with Crippen LogP contribution < -0.4 is 9.62 Å². The Labute approximate surface area is 250 Å². The third kappa shape index (κ3) is 7.47. The number of halogens is 2. The Hall–Kier alpha value is -3.85. The van der Waals surface area contributed by atoms with E-state index in [2.05, 4.69) is 5.32 Å². The van der Waals surface area contributed by atoms with Crippen LogP contribution in [0.5, 0.6) is 0 Å². The van der Waals surface area contributed by atoms with E-state index in [1.807, 2.05) is 30.3 Å². The average molecular weight is 611 g/mol. The Balaban J connectivity index is 1.77. The van der Waals surface area contributed by atoms with Gasteiger partial charge in [-0.1, -0.05) is 96.0 Å². The number of carbonyl (C=O) groups is 2. The van der Waals surface area contributed by atoms with E-state index in [1.54, 1.807) is 66.7 Å². The largest absolute Gasteiger partial charge is 0.357 e. The van der Waals surface area contributed by atoms with Gasteiger partial charge in [-0.15, -0.1) is 0 Å². The molecular weight excluding hydrogens is 581 g/mol. The lowest BCUT2D eigenvalue weighted by Crippen LogP contribution is -2.53. The fourth-order valence-corrected chi connectivity index (χ4v) is 6.15. The van der Waals surface area contributed by atoms with E-state index in [0.717, 1.165) is 9.87 Å². The van der Waals surface area contributed by atoms with E-state index in [1.165, 1.54) is 24.1 Å². The minimum atomic E-state index is -4.13. The number of benzene rings is 4. The van der Waals surface area contributed by atoms with Gasteiger partial charge in [0.15, 0.2) is 0 Å². The number of sulfonamides is 1. The summed E-state index contributed by atoms with van der Waals surface area (Å²) in [4.78, 5) is 28.9. The van der Waals surface area contributed by atoms with Crippen molar-refractivity contribution < 1.29 is 18.0 Å². The highest BCUT2D eigenvalue weighted by Gasteiger charge is 2.34. The number of anilines is 1. The number of hydrogen-bond acceptors (Lipinski definition) is 4. The smallest absolute Gasteiger partial charge is 0.264 e. The van der Waals surface area contributed by atoms with E-state index >= 15 is 0 Å². The van der Waals surface area contributed by atoms with Crippen molar-refractivity contribution in [1.82, 2.24) is 10.2 Å². The molecule has 41 heavy (non-hydrogen) atoms. The van der Waals surface area contributed by atoms with Gasteiger partial charge >= 0.3 is 0 Å². The van der Waals surface area contributed by atoms with E-state index in [0.29, 0.717) is 21.3 Å². The fraction of sp³-hybridized carbons (Fsp3) is 0.161. The predicted molar refractivity (Wildman–Crippen MR) is 162 cm³/mol. The number of rotatable bonds is 11. The Morgan fingerprint density at radius 3 is 1.95 bits per heavy atom. The predicted octanol–water partition coefficient (Wildman–Crippen LogP) is 5.57. The molecule has 4 rings (SSSR count). The second-order valence-electron chi connectivity index (χ2n) is 9.25. The van der Waals surface area contributed by atoms with Crippen LogP contribution in [0, 0.1) is 0 Å². The monoisotopic (exact) mass is 609 g/mol. The summed E-state index contributed by atoms with van der Waals surface area (Å²) < 4.78 is 28.7. The van der Waals surface area contributed by atoms with Gasteiger partial charge in [-0.3, -0.25) is 13.9 Å². The van der Waals surface area contributed by atoms with Crippen molar-refractivity contribution in [3.63, 3.8) is 0 Å². The van der Waals surface area contributed by atoms with Crippen molar-refractivity contribution in [2.45, 2.75) is 23.9 Å². The molecule has 4 aromatic rings. The minimum absolute atomic E-state index is 0.00530. The molecule has 0 aliphatic rings. The van der Waals surface area contributed by atoms with Crippen LogP contribution in [-0.2, 0) is 32.6 Å². The molecule has 0 unspecified atom stereocenters. The molecule has 1 N–H and O–H groups in total. The molecule has 7 nitrogen and oxygen atoms in total. The molecule has 0 aromatic heterocycles. The van der Waals surface area contributed by atoms with Gasteiger partial charge in [0, 0.05) is 20.0 Å². The van der Waals surface area contributed by atoms with Gasteiger partial charge in [0.2, 0.25) is 11.8 Å². The molecule has 0 spiro atoms. The highest BCUT2D eigenvalue weighted by Crippen LogP contribution is 2.26. The standard InChI is InChI=1S/C31H29Cl2N3O4S/c1-34-31(38)29(20-23-11-5-2-6-12-23)35(21-24-17-18-27(32)28(33)19-24)30(37)22-36(25-13-7-3-8-14-25)41(39,40)26-15-9-4-10-16-26/h2-19,29H,20-22H2,1H3,(H,34,38)/t29-/m0/s1. The zero-order valence-corrected chi connectivity index (χ0v) is 24.6. The summed E-state index contributed by atoms with van der Waals surface area (Å²) in [7, 11) is -2.63. The number of likely N-dealkylation sites (N-methyl/N-ethyl adjacent to an activating group) is 1. The van der Waals surface area contributed by atoms with Crippen molar-refractivity contribution in [2.75, 3.05) is 17.9 Å². The third-order valence-corrected chi connectivity index (χ3v) is 9.04. The molecule has 4 aromatic carbocycles. The number of nitrogens with zero attached hydrogens (tertiary/aromatic N) is 2. The van der Waals surface area contributed by atoms with E-state index in [-0.39, 0.29) is 23.8 Å². The van der Waals surface area contributed by atoms with Crippen LogP contribution in [0.25, 0.3) is 0 Å². The molecule has 1 atom stereocenters. The zero-order chi connectivity index (χ0) is 29.4. The maximum Gasteiger partial charge on any atom is 0.264 e. The zero-order valence-electron chi connectivity index (χ0n) is 22.3. The first-order chi connectivity index (χ1) is 19.7. The summed E-state index contributed by atoms with van der Waals surface area (Å²) in [6.07, 6.45) is 0.213. The van der Waals surface area contributed by atoms with Crippen LogP contribution in [-0.4, -0.2) is 44.8 Å². The quantitative estimate of drug-likeness (QED) is 0.241. The topological polar surface area (TPSA) is 86.8 Å². The summed E-state index contributed by atoms with van der Waals surface area (Å²) in [5, 5.41) is 3.31. The van der Waals surface area contributed by atoms with Gasteiger partial charge in [-0.05, 0) is 47.5 Å². The highest BCUT2D eigenvalue weighted by molar-refractivity contribution is 7.92. The molecule has 212 valence electrons. The summed E-state index contributed by atoms with van der Waals surface area (Å²) in [6.45, 7) is -0.542. The second kappa shape index (κ2) is 13.7. The third-order valence-electron chi connectivity index (χ3n) is 6.51. The molecule has 0 saturated carbocycles. The summed E-state index contributed by atoms with van der Waals surface area (Å²) in [5.74, 6) is -0.955. The number of hydrogen-bond donors (Lipinski definition) is 1. The lowest BCUT2D eigenvalue weighted by atomic mass is 10.0. The van der Waals surface area contributed by atoms with Crippen molar-refractivity contribution in [1.29, 1.82) is 0 Å². The summed E-state index contributed by atoms with van der Waals surface area (Å²) >= 11 is 12.4. The van der Waals surface area contributed by atoms with Gasteiger partial charge in [0.1, 0.15) is 12.6 Å². The number of para-hydroxylation sites is 1. The summed E-state index contributed by atoms with van der Waals surface area (Å²) in [5.41, 5.74) is 1.79. The lowest BCUT2D eigenvalue weighted by Gasteiger charge is -2.33. The number of amides is 2. The fourth-order valence-electron chi connectivity index (χ4n) is 4.40. The van der Waals surface area contributed by atoms with Crippen LogP contribution >= 0.6 is 23.2 Å². The van der Waals surface area contributed by atoms with Crippen LogP contribution in [0.2, 0.25) is 10.0 Å². The van der Waals surface area contributed by atoms with Gasteiger partial charge in [-0.25, -0.2) is 8.42 Å². The Morgan fingerprint density at radius 1 is 0.780 bits per heavy atom. The van der Waals surface area contributed by atoms with E-state index in [9.17, 15) is 18.0 Å². The molecule has 0 fully saturated rings. The maximum absolute atomic E-state index is 14.2. The molecule has 0 aliphatic carbocycles. The van der Waals surface area contributed by atoms with Crippen molar-refractivity contribution in [2.24, 2.45) is 0 Å².